The molecule has 0 N–H and O–H groups in total. The minimum absolute atomic E-state index is 0.0160. The number of carbonyl (C=O) groups excluding carboxylic acids is 1. The first-order valence-electron chi connectivity index (χ1n) is 10.0. The second kappa shape index (κ2) is 9.94. The molecule has 0 saturated carbocycles. The average Bonchev–Trinajstić information content (AvgIpc) is 3.41. The predicted molar refractivity (Wildman–Crippen MR) is 126 cm³/mol. The van der Waals surface area contributed by atoms with Crippen LogP contribution in [0.15, 0.2) is 76.7 Å². The van der Waals surface area contributed by atoms with Crippen molar-refractivity contribution in [3.8, 4) is 0 Å². The molecule has 0 atom stereocenters. The minimum Gasteiger partial charge on any atom is -0.337 e. The fourth-order valence-corrected chi connectivity index (χ4v) is 5.14. The maximum atomic E-state index is 13.2. The standard InChI is InChI=1S/C24H24N4OS2/c1-18-16-30-24(26-18)31-17-21-10-6-7-11-22(21)23(29)27(2)13-20-12-25-28(15-20)14-19-8-4-3-5-9-19/h3-12,15-16H,13-14,17H2,1-2H3. The maximum Gasteiger partial charge on any atom is 0.254 e. The number of aromatic nitrogens is 3. The zero-order valence-electron chi connectivity index (χ0n) is 17.6. The van der Waals surface area contributed by atoms with E-state index in [1.807, 2.05) is 78.9 Å². The molecule has 0 aliphatic heterocycles. The molecular weight excluding hydrogens is 424 g/mol. The summed E-state index contributed by atoms with van der Waals surface area (Å²) in [4.78, 5) is 19.4. The number of benzene rings is 2. The van der Waals surface area contributed by atoms with Crippen molar-refractivity contribution in [2.45, 2.75) is 30.1 Å². The highest BCUT2D eigenvalue weighted by Gasteiger charge is 2.17. The second-order valence-corrected chi connectivity index (χ2v) is 9.47. The number of hydrogen-bond donors (Lipinski definition) is 0. The van der Waals surface area contributed by atoms with Gasteiger partial charge in [0.2, 0.25) is 0 Å². The number of rotatable bonds is 8. The van der Waals surface area contributed by atoms with Crippen LogP contribution in [0.3, 0.4) is 0 Å². The van der Waals surface area contributed by atoms with Crippen molar-refractivity contribution in [2.75, 3.05) is 7.05 Å². The molecule has 0 fully saturated rings. The molecule has 0 saturated heterocycles. The summed E-state index contributed by atoms with van der Waals surface area (Å²) in [5, 5.41) is 6.50. The molecule has 2 heterocycles. The third kappa shape index (κ3) is 5.62. The number of thiazole rings is 1. The van der Waals surface area contributed by atoms with Gasteiger partial charge in [-0.25, -0.2) is 4.98 Å². The lowest BCUT2D eigenvalue weighted by Crippen LogP contribution is -2.27. The first-order chi connectivity index (χ1) is 15.1. The largest absolute Gasteiger partial charge is 0.337 e. The maximum absolute atomic E-state index is 13.2. The molecule has 7 heteroatoms. The van der Waals surface area contributed by atoms with Crippen LogP contribution in [-0.4, -0.2) is 32.6 Å². The Bertz CT molecular complexity index is 1150. The minimum atomic E-state index is 0.0160. The molecule has 0 spiro atoms. The summed E-state index contributed by atoms with van der Waals surface area (Å²) in [5.41, 5.74) is 5.00. The van der Waals surface area contributed by atoms with E-state index in [0.717, 1.165) is 39.0 Å². The zero-order valence-corrected chi connectivity index (χ0v) is 19.2. The first kappa shape index (κ1) is 21.3. The Morgan fingerprint density at radius 3 is 2.65 bits per heavy atom. The normalized spacial score (nSPS) is 10.9. The van der Waals surface area contributed by atoms with Gasteiger partial charge in [-0.2, -0.15) is 5.10 Å². The van der Waals surface area contributed by atoms with Crippen LogP contribution in [0.5, 0.6) is 0 Å². The van der Waals surface area contributed by atoms with Crippen molar-refractivity contribution in [1.29, 1.82) is 0 Å². The van der Waals surface area contributed by atoms with Gasteiger partial charge >= 0.3 is 0 Å². The highest BCUT2D eigenvalue weighted by Crippen LogP contribution is 2.27. The van der Waals surface area contributed by atoms with Crippen LogP contribution < -0.4 is 0 Å². The molecular formula is C24H24N4OS2. The zero-order chi connectivity index (χ0) is 21.6. The van der Waals surface area contributed by atoms with E-state index in [0.29, 0.717) is 6.54 Å². The van der Waals surface area contributed by atoms with Crippen LogP contribution in [0, 0.1) is 6.92 Å². The SMILES string of the molecule is Cc1csc(SCc2ccccc2C(=O)N(C)Cc2cnn(Cc3ccccc3)c2)n1. The molecule has 0 radical (unpaired) electrons. The van der Waals surface area contributed by atoms with E-state index in [9.17, 15) is 4.79 Å². The molecule has 4 rings (SSSR count). The summed E-state index contributed by atoms with van der Waals surface area (Å²) >= 11 is 3.31. The Balaban J connectivity index is 1.40. The van der Waals surface area contributed by atoms with Crippen molar-refractivity contribution in [2.24, 2.45) is 0 Å². The molecule has 2 aromatic heterocycles. The molecule has 5 nitrogen and oxygen atoms in total. The van der Waals surface area contributed by atoms with E-state index >= 15 is 0 Å². The lowest BCUT2D eigenvalue weighted by atomic mass is 10.1. The topological polar surface area (TPSA) is 51.0 Å². The van der Waals surface area contributed by atoms with Gasteiger partial charge in [-0.15, -0.1) is 11.3 Å². The second-order valence-electron chi connectivity index (χ2n) is 7.39. The quantitative estimate of drug-likeness (QED) is 0.345. The van der Waals surface area contributed by atoms with Gasteiger partial charge in [-0.3, -0.25) is 9.48 Å². The van der Waals surface area contributed by atoms with Gasteiger partial charge in [-0.1, -0.05) is 60.3 Å². The molecule has 4 aromatic rings. The third-order valence-electron chi connectivity index (χ3n) is 4.84. The number of aryl methyl sites for hydroxylation is 1. The van der Waals surface area contributed by atoms with Crippen LogP contribution in [-0.2, 0) is 18.8 Å². The van der Waals surface area contributed by atoms with Crippen LogP contribution in [0.2, 0.25) is 0 Å². The summed E-state index contributed by atoms with van der Waals surface area (Å²) in [5.74, 6) is 0.736. The molecule has 0 bridgehead atoms. The number of thioether (sulfide) groups is 1. The Hall–Kier alpha value is -2.90. The predicted octanol–water partition coefficient (Wildman–Crippen LogP) is 5.26. The lowest BCUT2D eigenvalue weighted by Gasteiger charge is -2.18. The van der Waals surface area contributed by atoms with Crippen molar-refractivity contribution in [3.63, 3.8) is 0 Å². The Morgan fingerprint density at radius 1 is 1.10 bits per heavy atom. The molecule has 0 aliphatic carbocycles. The van der Waals surface area contributed by atoms with Gasteiger partial charge in [0.15, 0.2) is 0 Å². The summed E-state index contributed by atoms with van der Waals surface area (Å²) in [6, 6.07) is 18.0. The summed E-state index contributed by atoms with van der Waals surface area (Å²) in [7, 11) is 1.84. The molecule has 31 heavy (non-hydrogen) atoms. The van der Waals surface area contributed by atoms with Crippen molar-refractivity contribution < 1.29 is 4.79 Å². The number of carbonyl (C=O) groups is 1. The highest BCUT2D eigenvalue weighted by atomic mass is 32.2. The van der Waals surface area contributed by atoms with Crippen molar-refractivity contribution in [1.82, 2.24) is 19.7 Å². The van der Waals surface area contributed by atoms with E-state index in [1.165, 1.54) is 5.56 Å². The Kier molecular flexibility index (Phi) is 6.84. The van der Waals surface area contributed by atoms with E-state index in [-0.39, 0.29) is 5.91 Å². The van der Waals surface area contributed by atoms with Crippen molar-refractivity contribution >= 4 is 29.0 Å². The van der Waals surface area contributed by atoms with E-state index in [1.54, 1.807) is 28.0 Å². The Morgan fingerprint density at radius 2 is 1.87 bits per heavy atom. The fraction of sp³-hybridized carbons (Fsp3) is 0.208. The van der Waals surface area contributed by atoms with E-state index in [4.69, 9.17) is 0 Å². The van der Waals surface area contributed by atoms with Gasteiger partial charge in [0, 0.05) is 47.7 Å². The smallest absolute Gasteiger partial charge is 0.254 e. The molecule has 0 aliphatic rings. The van der Waals surface area contributed by atoms with Crippen LogP contribution >= 0.6 is 23.1 Å². The molecule has 2 aromatic carbocycles. The van der Waals surface area contributed by atoms with Crippen LogP contribution in [0.25, 0.3) is 0 Å². The average molecular weight is 449 g/mol. The monoisotopic (exact) mass is 448 g/mol. The molecule has 1 amide bonds. The van der Waals surface area contributed by atoms with Gasteiger partial charge in [-0.05, 0) is 24.1 Å². The van der Waals surface area contributed by atoms with Gasteiger partial charge in [0.05, 0.1) is 12.7 Å². The highest BCUT2D eigenvalue weighted by molar-refractivity contribution is 8.00. The van der Waals surface area contributed by atoms with E-state index in [2.05, 4.69) is 22.2 Å². The molecule has 158 valence electrons. The fourth-order valence-electron chi connectivity index (χ4n) is 3.29. The Labute approximate surface area is 190 Å². The summed E-state index contributed by atoms with van der Waals surface area (Å²) in [6.45, 7) is 3.23. The first-order valence-corrected chi connectivity index (χ1v) is 11.9. The summed E-state index contributed by atoms with van der Waals surface area (Å²) < 4.78 is 2.93. The van der Waals surface area contributed by atoms with Gasteiger partial charge in [0.25, 0.3) is 5.91 Å². The lowest BCUT2D eigenvalue weighted by molar-refractivity contribution is 0.0784. The van der Waals surface area contributed by atoms with E-state index < -0.39 is 0 Å². The van der Waals surface area contributed by atoms with Crippen LogP contribution in [0.1, 0.15) is 32.7 Å². The number of amides is 1. The number of hydrogen-bond acceptors (Lipinski definition) is 5. The van der Waals surface area contributed by atoms with Gasteiger partial charge in [0.1, 0.15) is 4.34 Å². The van der Waals surface area contributed by atoms with Crippen molar-refractivity contribution in [3.05, 3.63) is 100 Å². The van der Waals surface area contributed by atoms with Gasteiger partial charge < -0.3 is 4.90 Å². The molecule has 0 unspecified atom stereocenters. The number of nitrogens with zero attached hydrogens (tertiary/aromatic N) is 4. The third-order valence-corrected chi connectivity index (χ3v) is 7.03. The summed E-state index contributed by atoms with van der Waals surface area (Å²) in [6.07, 6.45) is 3.84. The van der Waals surface area contributed by atoms with Crippen LogP contribution in [0.4, 0.5) is 0 Å².